The normalized spacial score (nSPS) is 15.5. The number of nitrogens with zero attached hydrogens (tertiary/aromatic N) is 6. The number of methoxy groups -OCH3 is 2. The number of rotatable bonds is 5. The van der Waals surface area contributed by atoms with Crippen LogP contribution in [0.2, 0.25) is 5.02 Å². The van der Waals surface area contributed by atoms with Crippen molar-refractivity contribution in [1.82, 2.24) is 23.5 Å². The van der Waals surface area contributed by atoms with Crippen LogP contribution in [0, 0.1) is 11.6 Å². The third kappa shape index (κ3) is 4.03. The molecule has 0 N–H and O–H groups in total. The maximum atomic E-state index is 14.1. The summed E-state index contributed by atoms with van der Waals surface area (Å²) in [7, 11) is 3.01. The van der Waals surface area contributed by atoms with E-state index in [0.29, 0.717) is 18.9 Å². The number of benzene rings is 1. The molecule has 6 rings (SSSR count). The molecule has 1 atom stereocenters. The fourth-order valence-electron chi connectivity index (χ4n) is 4.90. The molecule has 1 aromatic carbocycles. The van der Waals surface area contributed by atoms with Crippen molar-refractivity contribution in [3.8, 4) is 17.4 Å². The molecule has 0 spiro atoms. The zero-order valence-electron chi connectivity index (χ0n) is 20.8. The second-order valence-corrected chi connectivity index (χ2v) is 9.43. The van der Waals surface area contributed by atoms with Crippen molar-refractivity contribution < 1.29 is 18.3 Å². The molecular weight excluding hydrogens is 534 g/mol. The van der Waals surface area contributed by atoms with Gasteiger partial charge in [0.05, 0.1) is 35.6 Å². The molecule has 39 heavy (non-hydrogen) atoms. The standard InChI is InChI=1S/C26H21ClF2N6O4/c1-38-16-6-7-32(13-16)21-11-19-23(24(31-21)39-2)25(36)35(22-12-30-20-9-14(28)5-8-33(20)22)26(37)34(19)15-3-4-18(29)17(27)10-15/h3-5,8-12,16H,6-7,13H2,1-2H3/t16-/m0/s1. The molecule has 0 bridgehead atoms. The Kier molecular flexibility index (Phi) is 6.07. The lowest BCUT2D eigenvalue weighted by molar-refractivity contribution is 0.121. The Bertz CT molecular complexity index is 1890. The Morgan fingerprint density at radius 2 is 1.90 bits per heavy atom. The van der Waals surface area contributed by atoms with Gasteiger partial charge in [0.15, 0.2) is 0 Å². The summed E-state index contributed by atoms with van der Waals surface area (Å²) in [5, 5.41) is -0.208. The van der Waals surface area contributed by atoms with Gasteiger partial charge in [-0.05, 0) is 30.7 Å². The summed E-state index contributed by atoms with van der Waals surface area (Å²) in [5.41, 5.74) is -0.920. The Morgan fingerprint density at radius 1 is 1.08 bits per heavy atom. The van der Waals surface area contributed by atoms with Gasteiger partial charge in [-0.1, -0.05) is 11.6 Å². The summed E-state index contributed by atoms with van der Waals surface area (Å²) in [5.74, 6) is -0.665. The molecule has 10 nitrogen and oxygen atoms in total. The number of halogens is 3. The van der Waals surface area contributed by atoms with Crippen molar-refractivity contribution in [1.29, 1.82) is 0 Å². The molecule has 0 amide bonds. The number of ether oxygens (including phenoxy) is 2. The van der Waals surface area contributed by atoms with Gasteiger partial charge in [0.25, 0.3) is 5.56 Å². The second kappa shape index (κ2) is 9.47. The SMILES string of the molecule is COc1nc(N2CC[C@H](OC)C2)cc2c1c(=O)n(-c1cnc3cc(F)ccn13)c(=O)n2-c1ccc(F)c(Cl)c1. The van der Waals surface area contributed by atoms with Crippen molar-refractivity contribution in [2.75, 3.05) is 32.2 Å². The monoisotopic (exact) mass is 554 g/mol. The fraction of sp³-hybridized carbons (Fsp3) is 0.231. The predicted octanol–water partition coefficient (Wildman–Crippen LogP) is 3.35. The van der Waals surface area contributed by atoms with Gasteiger partial charge >= 0.3 is 5.69 Å². The molecule has 0 unspecified atom stereocenters. The first-order valence-electron chi connectivity index (χ1n) is 11.9. The lowest BCUT2D eigenvalue weighted by Gasteiger charge is -2.21. The minimum atomic E-state index is -0.781. The van der Waals surface area contributed by atoms with E-state index < -0.39 is 22.9 Å². The Morgan fingerprint density at radius 3 is 2.62 bits per heavy atom. The van der Waals surface area contributed by atoms with Gasteiger partial charge in [-0.25, -0.2) is 23.1 Å². The number of hydrogen-bond donors (Lipinski definition) is 0. The van der Waals surface area contributed by atoms with Crippen LogP contribution in [0.4, 0.5) is 14.6 Å². The maximum absolute atomic E-state index is 14.1. The molecule has 1 aliphatic rings. The molecule has 5 aromatic rings. The topological polar surface area (TPSA) is 95.9 Å². The lowest BCUT2D eigenvalue weighted by atomic mass is 10.2. The highest BCUT2D eigenvalue weighted by molar-refractivity contribution is 6.30. The Labute approximate surface area is 224 Å². The van der Waals surface area contributed by atoms with Crippen LogP contribution < -0.4 is 20.9 Å². The molecule has 1 aliphatic heterocycles. The average Bonchev–Trinajstić information content (AvgIpc) is 3.57. The summed E-state index contributed by atoms with van der Waals surface area (Å²) in [6.07, 6.45) is 3.42. The highest BCUT2D eigenvalue weighted by Gasteiger charge is 2.27. The van der Waals surface area contributed by atoms with Gasteiger partial charge < -0.3 is 14.4 Å². The second-order valence-electron chi connectivity index (χ2n) is 9.02. The van der Waals surface area contributed by atoms with Crippen LogP contribution in [0.3, 0.4) is 0 Å². The molecule has 0 aliphatic carbocycles. The summed E-state index contributed by atoms with van der Waals surface area (Å²) in [6, 6.07) is 7.77. The Balaban J connectivity index is 1.72. The largest absolute Gasteiger partial charge is 0.480 e. The highest BCUT2D eigenvalue weighted by atomic mass is 35.5. The summed E-state index contributed by atoms with van der Waals surface area (Å²) in [4.78, 5) is 38.8. The first-order chi connectivity index (χ1) is 18.8. The first kappa shape index (κ1) is 25.0. The van der Waals surface area contributed by atoms with E-state index in [2.05, 4.69) is 9.97 Å². The fourth-order valence-corrected chi connectivity index (χ4v) is 5.07. The van der Waals surface area contributed by atoms with E-state index in [9.17, 15) is 18.4 Å². The summed E-state index contributed by atoms with van der Waals surface area (Å²) >= 11 is 6.09. The molecule has 1 saturated heterocycles. The van der Waals surface area contributed by atoms with Gasteiger partial charge in [0, 0.05) is 38.5 Å². The van der Waals surface area contributed by atoms with Crippen LogP contribution >= 0.6 is 11.6 Å². The molecule has 1 fully saturated rings. The molecule has 5 heterocycles. The van der Waals surface area contributed by atoms with E-state index in [0.717, 1.165) is 17.1 Å². The number of hydrogen-bond acceptors (Lipinski definition) is 7. The van der Waals surface area contributed by atoms with Crippen LogP contribution in [-0.4, -0.2) is 56.9 Å². The zero-order valence-corrected chi connectivity index (χ0v) is 21.5. The quantitative estimate of drug-likeness (QED) is 0.329. The van der Waals surface area contributed by atoms with Gasteiger partial charge in [0.2, 0.25) is 5.88 Å². The third-order valence-corrected chi connectivity index (χ3v) is 7.12. The van der Waals surface area contributed by atoms with Gasteiger partial charge in [-0.2, -0.15) is 4.98 Å². The van der Waals surface area contributed by atoms with E-state index in [1.807, 2.05) is 4.90 Å². The van der Waals surface area contributed by atoms with Crippen molar-refractivity contribution in [3.05, 3.63) is 86.3 Å². The zero-order chi connectivity index (χ0) is 27.4. The molecule has 0 radical (unpaired) electrons. The van der Waals surface area contributed by atoms with E-state index >= 15 is 0 Å². The van der Waals surface area contributed by atoms with Crippen molar-refractivity contribution in [2.24, 2.45) is 0 Å². The van der Waals surface area contributed by atoms with Gasteiger partial charge in [-0.15, -0.1) is 0 Å². The number of pyridine rings is 2. The molecule has 0 saturated carbocycles. The summed E-state index contributed by atoms with van der Waals surface area (Å²) in [6.45, 7) is 1.20. The van der Waals surface area contributed by atoms with E-state index in [1.54, 1.807) is 13.2 Å². The average molecular weight is 555 g/mol. The van der Waals surface area contributed by atoms with E-state index in [4.69, 9.17) is 21.1 Å². The van der Waals surface area contributed by atoms with E-state index in [-0.39, 0.29) is 45.1 Å². The van der Waals surface area contributed by atoms with Crippen LogP contribution in [0.1, 0.15) is 6.42 Å². The minimum absolute atomic E-state index is 0.000394. The highest BCUT2D eigenvalue weighted by Crippen LogP contribution is 2.30. The molecule has 13 heteroatoms. The number of fused-ring (bicyclic) bond motifs is 2. The third-order valence-electron chi connectivity index (χ3n) is 6.83. The molecular formula is C26H21ClF2N6O4. The van der Waals surface area contributed by atoms with Crippen molar-refractivity contribution >= 4 is 34.0 Å². The number of imidazole rings is 1. The van der Waals surface area contributed by atoms with Crippen LogP contribution in [0.15, 0.2) is 58.4 Å². The Hall–Kier alpha value is -4.29. The van der Waals surface area contributed by atoms with E-state index in [1.165, 1.54) is 52.7 Å². The van der Waals surface area contributed by atoms with Crippen molar-refractivity contribution in [3.63, 3.8) is 0 Å². The number of anilines is 1. The van der Waals surface area contributed by atoms with Crippen LogP contribution in [0.5, 0.6) is 5.88 Å². The summed E-state index contributed by atoms with van der Waals surface area (Å²) < 4.78 is 42.5. The van der Waals surface area contributed by atoms with Gasteiger partial charge in [0.1, 0.15) is 34.3 Å². The maximum Gasteiger partial charge on any atom is 0.342 e. The first-order valence-corrected chi connectivity index (χ1v) is 12.3. The molecule has 200 valence electrons. The molecule has 4 aromatic heterocycles. The lowest BCUT2D eigenvalue weighted by Crippen LogP contribution is -2.39. The predicted molar refractivity (Wildman–Crippen MR) is 141 cm³/mol. The minimum Gasteiger partial charge on any atom is -0.480 e. The van der Waals surface area contributed by atoms with Crippen LogP contribution in [0.25, 0.3) is 28.1 Å². The number of aromatic nitrogens is 5. The van der Waals surface area contributed by atoms with Gasteiger partial charge in [-0.3, -0.25) is 13.8 Å². The smallest absolute Gasteiger partial charge is 0.342 e. The van der Waals surface area contributed by atoms with Crippen molar-refractivity contribution in [2.45, 2.75) is 12.5 Å². The van der Waals surface area contributed by atoms with Crippen LogP contribution in [-0.2, 0) is 4.74 Å².